The van der Waals surface area contributed by atoms with Crippen LogP contribution in [0.25, 0.3) is 5.82 Å². The van der Waals surface area contributed by atoms with Gasteiger partial charge in [-0.3, -0.25) is 0 Å². The van der Waals surface area contributed by atoms with Gasteiger partial charge in [0, 0.05) is 17.8 Å². The van der Waals surface area contributed by atoms with Gasteiger partial charge in [0.15, 0.2) is 11.6 Å². The highest BCUT2D eigenvalue weighted by Crippen LogP contribution is 2.16. The average Bonchev–Trinajstić information content (AvgIpc) is 2.95. The zero-order valence-corrected chi connectivity index (χ0v) is 15.2. The van der Waals surface area contributed by atoms with E-state index in [2.05, 4.69) is 15.3 Å². The molecule has 25 heavy (non-hydrogen) atoms. The molecule has 0 radical (unpaired) electrons. The van der Waals surface area contributed by atoms with Crippen LogP contribution in [-0.4, -0.2) is 40.2 Å². The summed E-state index contributed by atoms with van der Waals surface area (Å²) >= 11 is 5.86. The van der Waals surface area contributed by atoms with Gasteiger partial charge in [0.2, 0.25) is 0 Å². The van der Waals surface area contributed by atoms with Crippen LogP contribution in [0.15, 0.2) is 42.5 Å². The van der Waals surface area contributed by atoms with Crippen LogP contribution < -0.4 is 9.64 Å². The zero-order chi connectivity index (χ0) is 17.8. The monoisotopic (exact) mass is 357 g/mol. The quantitative estimate of drug-likeness (QED) is 0.676. The van der Waals surface area contributed by atoms with Crippen LogP contribution in [0.1, 0.15) is 11.4 Å². The summed E-state index contributed by atoms with van der Waals surface area (Å²) in [6, 6.07) is 13.2. The minimum atomic E-state index is 0.541. The Morgan fingerprint density at radius 3 is 2.44 bits per heavy atom. The summed E-state index contributed by atoms with van der Waals surface area (Å²) in [6.07, 6.45) is 0. The van der Waals surface area contributed by atoms with Crippen molar-refractivity contribution in [3.8, 4) is 11.6 Å². The first kappa shape index (κ1) is 17.2. The van der Waals surface area contributed by atoms with Gasteiger partial charge in [-0.2, -0.15) is 5.10 Å². The first-order valence-corrected chi connectivity index (χ1v) is 8.37. The van der Waals surface area contributed by atoms with Crippen molar-refractivity contribution in [2.45, 2.75) is 13.8 Å². The molecule has 0 saturated heterocycles. The summed E-state index contributed by atoms with van der Waals surface area (Å²) < 4.78 is 7.49. The highest BCUT2D eigenvalue weighted by atomic mass is 35.5. The second kappa shape index (κ2) is 7.53. The number of benzene rings is 1. The summed E-state index contributed by atoms with van der Waals surface area (Å²) in [5.74, 6) is 2.29. The molecule has 0 amide bonds. The smallest absolute Gasteiger partial charge is 0.176 e. The molecule has 2 heterocycles. The predicted molar refractivity (Wildman–Crippen MR) is 98.8 cm³/mol. The van der Waals surface area contributed by atoms with Gasteiger partial charge in [0.25, 0.3) is 0 Å². The lowest BCUT2D eigenvalue weighted by Crippen LogP contribution is -2.25. The molecule has 0 aliphatic rings. The average molecular weight is 358 g/mol. The lowest BCUT2D eigenvalue weighted by atomic mass is 10.3. The standard InChI is InChI=1S/C18H20ClN5O/c1-13-12-14(2)24(22-13)18-9-8-17(20-21-18)23(3)10-11-25-16-6-4-15(19)5-7-16/h4-9,12H,10-11H2,1-3H3. The molecule has 0 fully saturated rings. The van der Waals surface area contributed by atoms with Gasteiger partial charge >= 0.3 is 0 Å². The lowest BCUT2D eigenvalue weighted by molar-refractivity contribution is 0.325. The largest absolute Gasteiger partial charge is 0.492 e. The molecule has 0 atom stereocenters. The molecule has 0 aliphatic heterocycles. The molecule has 2 aromatic heterocycles. The molecule has 7 heteroatoms. The van der Waals surface area contributed by atoms with Crippen LogP contribution in [0.5, 0.6) is 5.75 Å². The summed E-state index contributed by atoms with van der Waals surface area (Å²) in [6.45, 7) is 5.19. The third kappa shape index (κ3) is 4.28. The van der Waals surface area contributed by atoms with Gasteiger partial charge < -0.3 is 9.64 Å². The Bertz CT molecular complexity index is 830. The molecule has 0 unspecified atom stereocenters. The van der Waals surface area contributed by atoms with Gasteiger partial charge in [0.1, 0.15) is 12.4 Å². The van der Waals surface area contributed by atoms with E-state index in [0.29, 0.717) is 24.0 Å². The highest BCUT2D eigenvalue weighted by Gasteiger charge is 2.08. The zero-order valence-electron chi connectivity index (χ0n) is 14.5. The maximum absolute atomic E-state index is 5.86. The number of ether oxygens (including phenoxy) is 1. The Balaban J connectivity index is 1.58. The van der Waals surface area contributed by atoms with Gasteiger partial charge in [-0.05, 0) is 56.3 Å². The maximum atomic E-state index is 5.86. The Morgan fingerprint density at radius 2 is 1.84 bits per heavy atom. The number of aryl methyl sites for hydroxylation is 2. The molecule has 3 aromatic rings. The Morgan fingerprint density at radius 1 is 1.08 bits per heavy atom. The molecule has 0 aliphatic carbocycles. The second-order valence-corrected chi connectivity index (χ2v) is 6.25. The number of halogens is 1. The van der Waals surface area contributed by atoms with Crippen LogP contribution in [0.3, 0.4) is 0 Å². The molecular formula is C18H20ClN5O. The van der Waals surface area contributed by atoms with Crippen molar-refractivity contribution >= 4 is 17.4 Å². The van der Waals surface area contributed by atoms with Gasteiger partial charge in [-0.1, -0.05) is 11.6 Å². The third-order valence-electron chi connectivity index (χ3n) is 3.76. The topological polar surface area (TPSA) is 56.1 Å². The van der Waals surface area contributed by atoms with Crippen molar-refractivity contribution in [1.29, 1.82) is 0 Å². The fraction of sp³-hybridized carbons (Fsp3) is 0.278. The number of rotatable bonds is 6. The first-order valence-electron chi connectivity index (χ1n) is 8.00. The fourth-order valence-electron chi connectivity index (χ4n) is 2.44. The van der Waals surface area contributed by atoms with Gasteiger partial charge in [-0.15, -0.1) is 10.2 Å². The number of hydrogen-bond donors (Lipinski definition) is 0. The minimum absolute atomic E-state index is 0.541. The summed E-state index contributed by atoms with van der Waals surface area (Å²) in [7, 11) is 1.96. The Kier molecular flexibility index (Phi) is 5.19. The molecule has 6 nitrogen and oxygen atoms in total. The van der Waals surface area contributed by atoms with Crippen LogP contribution in [0, 0.1) is 13.8 Å². The van der Waals surface area contributed by atoms with Crippen molar-refractivity contribution in [2.75, 3.05) is 25.1 Å². The molecule has 0 bridgehead atoms. The van der Waals surface area contributed by atoms with E-state index in [1.807, 2.05) is 68.3 Å². The van der Waals surface area contributed by atoms with E-state index in [-0.39, 0.29) is 0 Å². The molecular weight excluding hydrogens is 338 g/mol. The first-order chi connectivity index (χ1) is 12.0. The number of aromatic nitrogens is 4. The number of anilines is 1. The summed E-state index contributed by atoms with van der Waals surface area (Å²) in [5, 5.41) is 13.7. The molecule has 130 valence electrons. The normalized spacial score (nSPS) is 10.7. The lowest BCUT2D eigenvalue weighted by Gasteiger charge is -2.18. The van der Waals surface area contributed by atoms with E-state index in [4.69, 9.17) is 16.3 Å². The van der Waals surface area contributed by atoms with Crippen LogP contribution >= 0.6 is 11.6 Å². The highest BCUT2D eigenvalue weighted by molar-refractivity contribution is 6.30. The van der Waals surface area contributed by atoms with E-state index in [9.17, 15) is 0 Å². The molecule has 1 aromatic carbocycles. The minimum Gasteiger partial charge on any atom is -0.492 e. The SMILES string of the molecule is Cc1cc(C)n(-c2ccc(N(C)CCOc3ccc(Cl)cc3)nn2)n1. The number of hydrogen-bond acceptors (Lipinski definition) is 5. The Hall–Kier alpha value is -2.60. The van der Waals surface area contributed by atoms with Gasteiger partial charge in [-0.25, -0.2) is 4.68 Å². The predicted octanol–water partition coefficient (Wildman–Crippen LogP) is 3.45. The van der Waals surface area contributed by atoms with E-state index in [1.54, 1.807) is 4.68 Å². The van der Waals surface area contributed by atoms with Crippen molar-refractivity contribution in [1.82, 2.24) is 20.0 Å². The van der Waals surface area contributed by atoms with Crippen LogP contribution in [0.2, 0.25) is 5.02 Å². The summed E-state index contributed by atoms with van der Waals surface area (Å²) in [5.41, 5.74) is 1.99. The molecule has 0 spiro atoms. The van der Waals surface area contributed by atoms with E-state index in [1.165, 1.54) is 0 Å². The number of nitrogens with zero attached hydrogens (tertiary/aromatic N) is 5. The molecule has 0 saturated carbocycles. The Labute approximate surface area is 152 Å². The van der Waals surface area contributed by atoms with Crippen molar-refractivity contribution in [3.63, 3.8) is 0 Å². The van der Waals surface area contributed by atoms with Crippen molar-refractivity contribution in [2.24, 2.45) is 0 Å². The van der Waals surface area contributed by atoms with E-state index < -0.39 is 0 Å². The van der Waals surface area contributed by atoms with Crippen LogP contribution in [-0.2, 0) is 0 Å². The fourth-order valence-corrected chi connectivity index (χ4v) is 2.57. The maximum Gasteiger partial charge on any atom is 0.176 e. The summed E-state index contributed by atoms with van der Waals surface area (Å²) in [4.78, 5) is 1.99. The molecule has 3 rings (SSSR count). The van der Waals surface area contributed by atoms with Gasteiger partial charge in [0.05, 0.1) is 12.2 Å². The second-order valence-electron chi connectivity index (χ2n) is 5.81. The molecule has 0 N–H and O–H groups in total. The third-order valence-corrected chi connectivity index (χ3v) is 4.02. The van der Waals surface area contributed by atoms with Crippen molar-refractivity contribution < 1.29 is 4.74 Å². The van der Waals surface area contributed by atoms with Crippen molar-refractivity contribution in [3.05, 3.63) is 58.9 Å². The van der Waals surface area contributed by atoms with E-state index in [0.717, 1.165) is 23.0 Å². The van der Waals surface area contributed by atoms with Crippen LogP contribution in [0.4, 0.5) is 5.82 Å². The number of likely N-dealkylation sites (N-methyl/N-ethyl adjacent to an activating group) is 1. The van der Waals surface area contributed by atoms with E-state index >= 15 is 0 Å².